The molecule has 0 aromatic carbocycles. The predicted octanol–water partition coefficient (Wildman–Crippen LogP) is 17.2. The number of hydrogen-bond donors (Lipinski definition) is 0. The Labute approximate surface area is 511 Å². The van der Waals surface area contributed by atoms with E-state index in [1.54, 1.807) is 12.7 Å². The molecule has 13 nitrogen and oxygen atoms in total. The summed E-state index contributed by atoms with van der Waals surface area (Å²) in [4.78, 5) is 54.5. The molecular formula is C71H113N13. The summed E-state index contributed by atoms with van der Waals surface area (Å²) in [6.45, 7) is 60.4. The Balaban J connectivity index is 0.000000490. The summed E-state index contributed by atoms with van der Waals surface area (Å²) < 4.78 is 0. The number of nitrogens with zero attached hydrogens (tertiary/aromatic N) is 13. The molecule has 7 aromatic rings. The van der Waals surface area contributed by atoms with Crippen LogP contribution in [0.4, 0.5) is 0 Å². The standard InChI is InChI=1S/C11H17N.6C10H16N2/c1-9-10(6-5-7-12-9)8-11(2,3)4;1-8-11-6-9(7-12-8)5-10(2,3)4;1-8-6-11-7-12-9(8)5-10(2,3)4;1-8-6-11-9(12-7-8)5-10(2,3)4;1-8-5-9(12-7-11-8)6-10(2,3)4;1-8-11-6-5-9(12-8)7-10(2,3)4;1-8-5-6-11-9(12-8)7-10(2,3)4/h5-7H,8H2,1-4H3;3*6-7H,5H2,1-4H3;5,7H,6H2,1-4H3;2*5-6H,7H2,1-4H3. The SMILES string of the molecule is Cc1cc(CC(C)(C)C)ncn1.Cc1ccnc(CC(C)(C)C)n1.Cc1cnc(CC(C)(C)C)nc1.Cc1cncnc1CC(C)(C)C.Cc1ncc(CC(C)(C)C)cn1.Cc1nccc(CC(C)(C)C)n1.Cc1ncccc1CC(C)(C)C. The van der Waals surface area contributed by atoms with E-state index >= 15 is 0 Å². The number of hydrogen-bond acceptors (Lipinski definition) is 13. The van der Waals surface area contributed by atoms with Crippen molar-refractivity contribution in [3.05, 3.63) is 172 Å². The summed E-state index contributed by atoms with van der Waals surface area (Å²) in [6, 6.07) is 10.1. The smallest absolute Gasteiger partial charge is 0.129 e. The molecule has 0 spiro atoms. The first-order valence-electron chi connectivity index (χ1n) is 29.9. The maximum atomic E-state index is 4.35. The summed E-state index contributed by atoms with van der Waals surface area (Å²) in [6.07, 6.45) is 25.2. The van der Waals surface area contributed by atoms with E-state index < -0.39 is 0 Å². The molecule has 0 aliphatic carbocycles. The van der Waals surface area contributed by atoms with E-state index in [1.165, 1.54) is 16.7 Å². The first kappa shape index (κ1) is 75.6. The minimum absolute atomic E-state index is 0.272. The van der Waals surface area contributed by atoms with Crippen molar-refractivity contribution >= 4 is 0 Å². The van der Waals surface area contributed by atoms with Crippen LogP contribution in [-0.2, 0) is 44.9 Å². The van der Waals surface area contributed by atoms with Gasteiger partial charge in [-0.3, -0.25) is 4.98 Å². The van der Waals surface area contributed by atoms with Gasteiger partial charge in [-0.15, -0.1) is 0 Å². The largest absolute Gasteiger partial charge is 0.261 e. The molecule has 0 aliphatic heterocycles. The molecular weight excluding hydrogens is 1030 g/mol. The van der Waals surface area contributed by atoms with Crippen LogP contribution in [0.1, 0.15) is 225 Å². The Morgan fingerprint density at radius 1 is 0.345 bits per heavy atom. The highest BCUT2D eigenvalue weighted by Gasteiger charge is 2.17. The van der Waals surface area contributed by atoms with Crippen LogP contribution >= 0.6 is 0 Å². The molecule has 0 bridgehead atoms. The first-order chi connectivity index (χ1) is 38.3. The summed E-state index contributed by atoms with van der Waals surface area (Å²) in [5.41, 5.74) is 13.7. The normalized spacial score (nSPS) is 11.7. The molecule has 7 aromatic heterocycles. The molecule has 0 unspecified atom stereocenters. The molecule has 0 N–H and O–H groups in total. The molecule has 13 heteroatoms. The monoisotopic (exact) mass is 1150 g/mol. The highest BCUT2D eigenvalue weighted by molar-refractivity contribution is 5.19. The third kappa shape index (κ3) is 41.6. The van der Waals surface area contributed by atoms with Gasteiger partial charge in [0.25, 0.3) is 0 Å². The van der Waals surface area contributed by atoms with Crippen LogP contribution in [0.15, 0.2) is 92.6 Å². The quantitative estimate of drug-likeness (QED) is 0.148. The van der Waals surface area contributed by atoms with Crippen molar-refractivity contribution in [3.63, 3.8) is 0 Å². The maximum Gasteiger partial charge on any atom is 0.129 e. The van der Waals surface area contributed by atoms with Gasteiger partial charge in [0.05, 0.1) is 0 Å². The van der Waals surface area contributed by atoms with Gasteiger partial charge in [0, 0.05) is 96.6 Å². The second kappa shape index (κ2) is 34.6. The molecule has 84 heavy (non-hydrogen) atoms. The van der Waals surface area contributed by atoms with Gasteiger partial charge in [0.2, 0.25) is 0 Å². The number of rotatable bonds is 7. The minimum Gasteiger partial charge on any atom is -0.261 e. The molecule has 0 saturated carbocycles. The van der Waals surface area contributed by atoms with Crippen molar-refractivity contribution in [2.24, 2.45) is 37.9 Å². The zero-order valence-corrected chi connectivity index (χ0v) is 57.9. The van der Waals surface area contributed by atoms with Crippen molar-refractivity contribution in [2.45, 2.75) is 239 Å². The minimum atomic E-state index is 0.272. The van der Waals surface area contributed by atoms with E-state index in [0.717, 1.165) is 108 Å². The summed E-state index contributed by atoms with van der Waals surface area (Å²) in [7, 11) is 0. The van der Waals surface area contributed by atoms with Crippen LogP contribution in [0, 0.1) is 86.4 Å². The van der Waals surface area contributed by atoms with Crippen molar-refractivity contribution in [2.75, 3.05) is 0 Å². The van der Waals surface area contributed by atoms with Crippen LogP contribution in [0.3, 0.4) is 0 Å². The fourth-order valence-corrected chi connectivity index (χ4v) is 7.85. The summed E-state index contributed by atoms with van der Waals surface area (Å²) in [5, 5.41) is 0. The maximum absolute atomic E-state index is 4.35. The van der Waals surface area contributed by atoms with Gasteiger partial charge in [0.1, 0.15) is 36.0 Å². The lowest BCUT2D eigenvalue weighted by Gasteiger charge is -2.18. The number of pyridine rings is 1. The summed E-state index contributed by atoms with van der Waals surface area (Å²) >= 11 is 0. The van der Waals surface area contributed by atoms with E-state index in [9.17, 15) is 0 Å². The van der Waals surface area contributed by atoms with Crippen molar-refractivity contribution in [1.29, 1.82) is 0 Å². The lowest BCUT2D eigenvalue weighted by molar-refractivity contribution is 0.400. The Morgan fingerprint density at radius 3 is 1.33 bits per heavy atom. The highest BCUT2D eigenvalue weighted by atomic mass is 14.9. The molecule has 0 atom stereocenters. The van der Waals surface area contributed by atoms with Crippen LogP contribution < -0.4 is 0 Å². The second-order valence-electron chi connectivity index (χ2n) is 30.7. The average molecular weight is 1150 g/mol. The van der Waals surface area contributed by atoms with Gasteiger partial charge in [0.15, 0.2) is 0 Å². The van der Waals surface area contributed by atoms with Crippen LogP contribution in [-0.4, -0.2) is 64.8 Å². The topological polar surface area (TPSA) is 168 Å². The third-order valence-corrected chi connectivity index (χ3v) is 11.3. The van der Waals surface area contributed by atoms with Gasteiger partial charge in [-0.2, -0.15) is 0 Å². The van der Waals surface area contributed by atoms with Crippen molar-refractivity contribution < 1.29 is 0 Å². The van der Waals surface area contributed by atoms with E-state index in [4.69, 9.17) is 0 Å². The van der Waals surface area contributed by atoms with E-state index in [1.807, 2.05) is 108 Å². The zero-order chi connectivity index (χ0) is 64.3. The highest BCUT2D eigenvalue weighted by Crippen LogP contribution is 2.24. The molecule has 7 rings (SSSR count). The molecule has 462 valence electrons. The van der Waals surface area contributed by atoms with Gasteiger partial charge in [-0.05, 0) is 165 Å². The molecule has 0 aliphatic rings. The average Bonchev–Trinajstić information content (AvgIpc) is 3.39. The lowest BCUT2D eigenvalue weighted by Crippen LogP contribution is -2.12. The fourth-order valence-electron chi connectivity index (χ4n) is 7.85. The van der Waals surface area contributed by atoms with Crippen LogP contribution in [0.5, 0.6) is 0 Å². The molecule has 0 radical (unpaired) electrons. The molecule has 0 fully saturated rings. The first-order valence-corrected chi connectivity index (χ1v) is 29.9. The van der Waals surface area contributed by atoms with Gasteiger partial charge in [-0.1, -0.05) is 151 Å². The van der Waals surface area contributed by atoms with E-state index in [2.05, 4.69) is 230 Å². The Hall–Kier alpha value is -6.37. The predicted molar refractivity (Wildman–Crippen MR) is 352 cm³/mol. The van der Waals surface area contributed by atoms with Crippen molar-refractivity contribution in [3.8, 4) is 0 Å². The van der Waals surface area contributed by atoms with Crippen LogP contribution in [0.25, 0.3) is 0 Å². The summed E-state index contributed by atoms with van der Waals surface area (Å²) in [5.74, 6) is 3.58. The van der Waals surface area contributed by atoms with E-state index in [0.29, 0.717) is 27.1 Å². The van der Waals surface area contributed by atoms with Crippen LogP contribution in [0.2, 0.25) is 0 Å². The van der Waals surface area contributed by atoms with Crippen molar-refractivity contribution in [1.82, 2.24) is 64.8 Å². The van der Waals surface area contributed by atoms with Gasteiger partial charge < -0.3 is 0 Å². The Kier molecular flexibility index (Phi) is 31.1. The van der Waals surface area contributed by atoms with Gasteiger partial charge in [-0.25, -0.2) is 59.8 Å². The molecule has 0 amide bonds. The zero-order valence-electron chi connectivity index (χ0n) is 57.9. The molecule has 7 heterocycles. The Morgan fingerprint density at radius 2 is 0.857 bits per heavy atom. The fraction of sp³-hybridized carbons (Fsp3) is 0.592. The number of aryl methyl sites for hydroxylation is 7. The number of aromatic nitrogens is 13. The third-order valence-electron chi connectivity index (χ3n) is 11.3. The van der Waals surface area contributed by atoms with Gasteiger partial charge >= 0.3 is 0 Å². The lowest BCUT2D eigenvalue weighted by atomic mass is 9.88. The Bertz CT molecular complexity index is 2670. The second-order valence-corrected chi connectivity index (χ2v) is 30.7. The molecule has 0 saturated heterocycles. The van der Waals surface area contributed by atoms with E-state index in [-0.39, 0.29) is 10.8 Å².